The second-order valence-electron chi connectivity index (χ2n) is 8.80. The molecule has 0 unspecified atom stereocenters. The van der Waals surface area contributed by atoms with Gasteiger partial charge in [0, 0.05) is 43.9 Å². The van der Waals surface area contributed by atoms with Crippen LogP contribution in [0.4, 0.5) is 5.82 Å². The summed E-state index contributed by atoms with van der Waals surface area (Å²) in [5.41, 5.74) is 0.846. The van der Waals surface area contributed by atoms with E-state index in [1.54, 1.807) is 6.20 Å². The van der Waals surface area contributed by atoms with Gasteiger partial charge in [-0.25, -0.2) is 4.98 Å². The van der Waals surface area contributed by atoms with Gasteiger partial charge in [0.25, 0.3) is 5.91 Å². The lowest BCUT2D eigenvalue weighted by molar-refractivity contribution is -0.133. The smallest absolute Gasteiger partial charge is 0.260 e. The zero-order chi connectivity index (χ0) is 22.9. The van der Waals surface area contributed by atoms with E-state index in [0.717, 1.165) is 54.0 Å². The summed E-state index contributed by atoms with van der Waals surface area (Å²) in [6.45, 7) is 2.76. The van der Waals surface area contributed by atoms with Gasteiger partial charge in [-0.2, -0.15) is 4.98 Å². The first-order chi connectivity index (χ1) is 16.7. The third kappa shape index (κ3) is 4.31. The third-order valence-electron chi connectivity index (χ3n) is 6.41. The third-order valence-corrected chi connectivity index (χ3v) is 6.41. The number of pyridine rings is 1. The number of amides is 1. The number of carbonyl (C=O) groups excluding carboxylic acids is 1. The van der Waals surface area contributed by atoms with Crippen LogP contribution < -0.4 is 9.64 Å². The first-order valence-corrected chi connectivity index (χ1v) is 11.7. The van der Waals surface area contributed by atoms with Gasteiger partial charge in [0.05, 0.1) is 0 Å². The summed E-state index contributed by atoms with van der Waals surface area (Å²) >= 11 is 0. The summed E-state index contributed by atoms with van der Waals surface area (Å²) in [7, 11) is 0. The molecule has 1 saturated heterocycles. The molecule has 8 heteroatoms. The molecule has 0 radical (unpaired) electrons. The second kappa shape index (κ2) is 8.78. The van der Waals surface area contributed by atoms with Gasteiger partial charge in [-0.15, -0.1) is 0 Å². The number of nitrogens with zero attached hydrogens (tertiary/aromatic N) is 5. The van der Waals surface area contributed by atoms with Crippen LogP contribution in [0.1, 0.15) is 24.7 Å². The van der Waals surface area contributed by atoms with Crippen LogP contribution in [0.15, 0.2) is 65.3 Å². The molecule has 0 N–H and O–H groups in total. The van der Waals surface area contributed by atoms with E-state index < -0.39 is 0 Å². The average molecular weight is 456 g/mol. The number of hydrogen-bond acceptors (Lipinski definition) is 7. The number of rotatable bonds is 6. The largest absolute Gasteiger partial charge is 0.484 e. The lowest BCUT2D eigenvalue weighted by Gasteiger charge is -2.35. The zero-order valence-electron chi connectivity index (χ0n) is 18.8. The number of fused-ring (bicyclic) bond motifs is 1. The van der Waals surface area contributed by atoms with Crippen molar-refractivity contribution in [2.45, 2.75) is 18.8 Å². The molecule has 4 aromatic rings. The molecular formula is C26H25N5O3. The predicted molar refractivity (Wildman–Crippen MR) is 128 cm³/mol. The number of hydrogen-bond donors (Lipinski definition) is 0. The van der Waals surface area contributed by atoms with Crippen LogP contribution in [0.25, 0.3) is 22.2 Å². The molecule has 8 nitrogen and oxygen atoms in total. The Morgan fingerprint density at radius 3 is 2.59 bits per heavy atom. The van der Waals surface area contributed by atoms with Crippen molar-refractivity contribution in [3.05, 3.63) is 66.7 Å². The van der Waals surface area contributed by atoms with Crippen LogP contribution in [0.2, 0.25) is 0 Å². The number of benzene rings is 2. The van der Waals surface area contributed by atoms with E-state index in [0.29, 0.717) is 30.6 Å². The molecule has 2 aromatic heterocycles. The Kier molecular flexibility index (Phi) is 5.33. The molecule has 2 fully saturated rings. The maximum Gasteiger partial charge on any atom is 0.260 e. The number of anilines is 1. The molecule has 0 spiro atoms. The lowest BCUT2D eigenvalue weighted by Crippen LogP contribution is -2.50. The van der Waals surface area contributed by atoms with Crippen molar-refractivity contribution in [2.75, 3.05) is 37.7 Å². The molecule has 34 heavy (non-hydrogen) atoms. The summed E-state index contributed by atoms with van der Waals surface area (Å²) in [5.74, 6) is 3.34. The van der Waals surface area contributed by atoms with Gasteiger partial charge in [-0.05, 0) is 47.9 Å². The van der Waals surface area contributed by atoms with Gasteiger partial charge in [0.2, 0.25) is 11.7 Å². The quantitative estimate of drug-likeness (QED) is 0.436. The Labute approximate surface area is 197 Å². The number of piperazine rings is 1. The lowest BCUT2D eigenvalue weighted by atomic mass is 10.1. The molecule has 0 bridgehead atoms. The fraction of sp³-hybridized carbons (Fsp3) is 0.308. The van der Waals surface area contributed by atoms with Gasteiger partial charge in [-0.1, -0.05) is 35.5 Å². The van der Waals surface area contributed by atoms with Gasteiger partial charge in [-0.3, -0.25) is 4.79 Å². The van der Waals surface area contributed by atoms with Crippen molar-refractivity contribution in [1.82, 2.24) is 20.0 Å². The minimum atomic E-state index is -0.000288. The topological polar surface area (TPSA) is 84.6 Å². The fourth-order valence-electron chi connectivity index (χ4n) is 4.23. The Morgan fingerprint density at radius 2 is 1.82 bits per heavy atom. The molecule has 172 valence electrons. The van der Waals surface area contributed by atoms with Crippen molar-refractivity contribution >= 4 is 22.5 Å². The minimum absolute atomic E-state index is 0.000288. The van der Waals surface area contributed by atoms with Crippen molar-refractivity contribution in [1.29, 1.82) is 0 Å². The monoisotopic (exact) mass is 455 g/mol. The summed E-state index contributed by atoms with van der Waals surface area (Å²) < 4.78 is 11.1. The van der Waals surface area contributed by atoms with E-state index >= 15 is 0 Å². The first-order valence-electron chi connectivity index (χ1n) is 11.7. The molecule has 1 aliphatic carbocycles. The molecule has 1 saturated carbocycles. The standard InChI is InChI=1S/C26H25N5O3/c32-24(17-33-22-9-7-18-3-1-2-4-20(18)15-22)31-13-11-30(12-14-31)23-10-8-21(16-27-23)25-28-26(34-29-25)19-5-6-19/h1-4,7-10,15-16,19H,5-6,11-14,17H2. The van der Waals surface area contributed by atoms with Crippen molar-refractivity contribution in [3.8, 4) is 17.1 Å². The average Bonchev–Trinajstić information content (AvgIpc) is 3.63. The van der Waals surface area contributed by atoms with E-state index in [2.05, 4.69) is 26.1 Å². The number of carbonyl (C=O) groups is 1. The van der Waals surface area contributed by atoms with E-state index in [-0.39, 0.29) is 12.5 Å². The van der Waals surface area contributed by atoms with E-state index in [1.165, 1.54) is 0 Å². The molecule has 3 heterocycles. The molecule has 2 aliphatic rings. The number of ether oxygens (including phenoxy) is 1. The molecule has 1 amide bonds. The maximum absolute atomic E-state index is 12.7. The molecular weight excluding hydrogens is 430 g/mol. The first kappa shape index (κ1) is 20.7. The molecule has 1 aliphatic heterocycles. The van der Waals surface area contributed by atoms with Gasteiger partial charge in [0.1, 0.15) is 11.6 Å². The van der Waals surface area contributed by atoms with Crippen LogP contribution >= 0.6 is 0 Å². The highest BCUT2D eigenvalue weighted by Crippen LogP contribution is 2.39. The van der Waals surface area contributed by atoms with Crippen molar-refractivity contribution < 1.29 is 14.1 Å². The van der Waals surface area contributed by atoms with Crippen LogP contribution in [-0.2, 0) is 4.79 Å². The summed E-state index contributed by atoms with van der Waals surface area (Å²) in [4.78, 5) is 25.8. The zero-order valence-corrected chi connectivity index (χ0v) is 18.8. The Balaban J connectivity index is 1.02. The van der Waals surface area contributed by atoms with Crippen LogP contribution in [0, 0.1) is 0 Å². The molecule has 0 atom stereocenters. The van der Waals surface area contributed by atoms with E-state index in [1.807, 2.05) is 53.4 Å². The van der Waals surface area contributed by atoms with Crippen LogP contribution in [-0.4, -0.2) is 58.7 Å². The summed E-state index contributed by atoms with van der Waals surface area (Å²) in [6.07, 6.45) is 4.04. The van der Waals surface area contributed by atoms with Crippen molar-refractivity contribution in [2.24, 2.45) is 0 Å². The van der Waals surface area contributed by atoms with Gasteiger partial charge >= 0.3 is 0 Å². The SMILES string of the molecule is O=C(COc1ccc2ccccc2c1)N1CCN(c2ccc(-c3noc(C4CC4)n3)cn2)CC1. The van der Waals surface area contributed by atoms with Gasteiger partial charge < -0.3 is 19.1 Å². The number of aromatic nitrogens is 3. The normalized spacial score (nSPS) is 16.1. The van der Waals surface area contributed by atoms with E-state index in [9.17, 15) is 4.79 Å². The van der Waals surface area contributed by atoms with Crippen LogP contribution in [0.5, 0.6) is 5.75 Å². The predicted octanol–water partition coefficient (Wildman–Crippen LogP) is 3.89. The minimum Gasteiger partial charge on any atom is -0.484 e. The highest BCUT2D eigenvalue weighted by molar-refractivity contribution is 5.84. The summed E-state index contributed by atoms with van der Waals surface area (Å²) in [5, 5.41) is 6.33. The van der Waals surface area contributed by atoms with Crippen LogP contribution in [0.3, 0.4) is 0 Å². The Hall–Kier alpha value is -3.94. The second-order valence-corrected chi connectivity index (χ2v) is 8.80. The highest BCUT2D eigenvalue weighted by Gasteiger charge is 2.30. The van der Waals surface area contributed by atoms with Crippen molar-refractivity contribution in [3.63, 3.8) is 0 Å². The Morgan fingerprint density at radius 1 is 1.00 bits per heavy atom. The molecule has 2 aromatic carbocycles. The Bertz CT molecular complexity index is 1310. The maximum atomic E-state index is 12.7. The molecule has 6 rings (SSSR count). The van der Waals surface area contributed by atoms with Gasteiger partial charge in [0.15, 0.2) is 6.61 Å². The highest BCUT2D eigenvalue weighted by atomic mass is 16.5. The van der Waals surface area contributed by atoms with E-state index in [4.69, 9.17) is 9.26 Å². The fourth-order valence-corrected chi connectivity index (χ4v) is 4.23. The summed E-state index contributed by atoms with van der Waals surface area (Å²) in [6, 6.07) is 17.9.